The Hall–Kier alpha value is -2.83. The molecule has 1 heterocycles. The number of carbonyl (C=O) groups is 2. The van der Waals surface area contributed by atoms with Gasteiger partial charge in [-0.25, -0.2) is 0 Å². The van der Waals surface area contributed by atoms with Crippen LogP contribution in [0.1, 0.15) is 21.5 Å². The minimum atomic E-state index is -4.41. The second-order valence-electron chi connectivity index (χ2n) is 5.13. The Bertz CT molecular complexity index is 783. The van der Waals surface area contributed by atoms with E-state index in [0.29, 0.717) is 11.3 Å². The maximum Gasteiger partial charge on any atom is 0.416 e. The molecule has 4 nitrogen and oxygen atoms in total. The Morgan fingerprint density at radius 2 is 1.78 bits per heavy atom. The summed E-state index contributed by atoms with van der Waals surface area (Å²) in [6.45, 7) is 0. The molecule has 23 heavy (non-hydrogen) atoms. The van der Waals surface area contributed by atoms with Crippen LogP contribution in [0.5, 0.6) is 0 Å². The van der Waals surface area contributed by atoms with Crippen LogP contribution >= 0.6 is 0 Å². The van der Waals surface area contributed by atoms with Crippen molar-refractivity contribution in [3.8, 4) is 0 Å². The number of rotatable bonds is 2. The van der Waals surface area contributed by atoms with Crippen molar-refractivity contribution in [1.82, 2.24) is 0 Å². The number of nitrogens with one attached hydrogen (secondary N) is 2. The van der Waals surface area contributed by atoms with E-state index in [4.69, 9.17) is 0 Å². The predicted molar refractivity (Wildman–Crippen MR) is 78.2 cm³/mol. The highest BCUT2D eigenvalue weighted by Gasteiger charge is 2.30. The molecule has 0 saturated heterocycles. The summed E-state index contributed by atoms with van der Waals surface area (Å²) < 4.78 is 37.5. The molecule has 0 aliphatic carbocycles. The van der Waals surface area contributed by atoms with Gasteiger partial charge in [-0.05, 0) is 48.0 Å². The summed E-state index contributed by atoms with van der Waals surface area (Å²) in [6.07, 6.45) is -4.21. The summed E-state index contributed by atoms with van der Waals surface area (Å²) in [5.41, 5.74) is 1.20. The number of fused-ring (bicyclic) bond motifs is 1. The lowest BCUT2D eigenvalue weighted by Crippen LogP contribution is -2.12. The first-order valence-corrected chi connectivity index (χ1v) is 6.74. The van der Waals surface area contributed by atoms with Crippen LogP contribution in [-0.4, -0.2) is 11.8 Å². The molecule has 1 aliphatic heterocycles. The number of anilines is 2. The van der Waals surface area contributed by atoms with Gasteiger partial charge in [-0.1, -0.05) is 0 Å². The Morgan fingerprint density at radius 1 is 1.09 bits per heavy atom. The zero-order valence-electron chi connectivity index (χ0n) is 11.7. The van der Waals surface area contributed by atoms with Gasteiger partial charge < -0.3 is 10.6 Å². The Kier molecular flexibility index (Phi) is 3.55. The first-order chi connectivity index (χ1) is 10.8. The number of alkyl halides is 3. The van der Waals surface area contributed by atoms with Gasteiger partial charge in [0, 0.05) is 16.9 Å². The number of hydrogen-bond acceptors (Lipinski definition) is 2. The third-order valence-corrected chi connectivity index (χ3v) is 3.46. The minimum absolute atomic E-state index is 0.139. The largest absolute Gasteiger partial charge is 0.416 e. The summed E-state index contributed by atoms with van der Waals surface area (Å²) in [5.74, 6) is -0.591. The predicted octanol–water partition coefficient (Wildman–Crippen LogP) is 3.45. The van der Waals surface area contributed by atoms with E-state index in [-0.39, 0.29) is 18.0 Å². The lowest BCUT2D eigenvalue weighted by Gasteiger charge is -2.09. The van der Waals surface area contributed by atoms with Crippen LogP contribution in [-0.2, 0) is 17.4 Å². The van der Waals surface area contributed by atoms with Crippen molar-refractivity contribution in [3.63, 3.8) is 0 Å². The van der Waals surface area contributed by atoms with Crippen LogP contribution in [0, 0.1) is 0 Å². The van der Waals surface area contributed by atoms with Gasteiger partial charge >= 0.3 is 6.18 Å². The number of amides is 2. The molecule has 118 valence electrons. The van der Waals surface area contributed by atoms with E-state index in [2.05, 4.69) is 10.6 Å². The highest BCUT2D eigenvalue weighted by Crippen LogP contribution is 2.30. The zero-order chi connectivity index (χ0) is 16.6. The van der Waals surface area contributed by atoms with Gasteiger partial charge in [-0.15, -0.1) is 0 Å². The van der Waals surface area contributed by atoms with Crippen molar-refractivity contribution >= 4 is 23.2 Å². The van der Waals surface area contributed by atoms with E-state index in [1.807, 2.05) is 0 Å². The van der Waals surface area contributed by atoms with Crippen molar-refractivity contribution in [3.05, 3.63) is 59.2 Å². The van der Waals surface area contributed by atoms with E-state index in [1.165, 1.54) is 12.1 Å². The smallest absolute Gasteiger partial charge is 0.326 e. The Balaban J connectivity index is 1.75. The van der Waals surface area contributed by atoms with E-state index in [1.54, 1.807) is 18.2 Å². The summed E-state index contributed by atoms with van der Waals surface area (Å²) in [6, 6.07) is 8.96. The summed E-state index contributed by atoms with van der Waals surface area (Å²) in [4.78, 5) is 23.4. The SMILES string of the molecule is O=C1Cc2cc(C(=O)Nc3ccc(C(F)(F)F)cc3)ccc2N1. The summed E-state index contributed by atoms with van der Waals surface area (Å²) in [7, 11) is 0. The molecule has 0 fully saturated rings. The van der Waals surface area contributed by atoms with Crippen molar-refractivity contribution in [2.75, 3.05) is 10.6 Å². The average molecular weight is 320 g/mol. The maximum absolute atomic E-state index is 12.5. The molecule has 2 aromatic rings. The van der Waals surface area contributed by atoms with Crippen LogP contribution in [0.3, 0.4) is 0 Å². The molecular weight excluding hydrogens is 309 g/mol. The van der Waals surface area contributed by atoms with Crippen LogP contribution < -0.4 is 10.6 Å². The molecule has 0 aromatic heterocycles. The summed E-state index contributed by atoms with van der Waals surface area (Å²) >= 11 is 0. The molecule has 0 saturated carbocycles. The third kappa shape index (κ3) is 3.18. The normalized spacial score (nSPS) is 13.4. The van der Waals surface area contributed by atoms with E-state index < -0.39 is 17.6 Å². The second kappa shape index (κ2) is 5.42. The van der Waals surface area contributed by atoms with Gasteiger partial charge in [0.1, 0.15) is 0 Å². The highest BCUT2D eigenvalue weighted by atomic mass is 19.4. The topological polar surface area (TPSA) is 58.2 Å². The number of halogens is 3. The molecule has 3 rings (SSSR count). The van der Waals surface area contributed by atoms with E-state index in [0.717, 1.165) is 17.7 Å². The fourth-order valence-corrected chi connectivity index (χ4v) is 2.32. The van der Waals surface area contributed by atoms with Gasteiger partial charge in [0.05, 0.1) is 12.0 Å². The van der Waals surface area contributed by atoms with Crippen molar-refractivity contribution in [2.45, 2.75) is 12.6 Å². The van der Waals surface area contributed by atoms with Crippen molar-refractivity contribution in [1.29, 1.82) is 0 Å². The molecule has 7 heteroatoms. The summed E-state index contributed by atoms with van der Waals surface area (Å²) in [5, 5.41) is 5.18. The molecule has 0 radical (unpaired) electrons. The van der Waals surface area contributed by atoms with Crippen LogP contribution in [0.2, 0.25) is 0 Å². The van der Waals surface area contributed by atoms with Crippen molar-refractivity contribution in [2.24, 2.45) is 0 Å². The Morgan fingerprint density at radius 3 is 2.43 bits per heavy atom. The van der Waals surface area contributed by atoms with Gasteiger partial charge in [-0.3, -0.25) is 9.59 Å². The lowest BCUT2D eigenvalue weighted by atomic mass is 10.1. The number of hydrogen-bond donors (Lipinski definition) is 2. The minimum Gasteiger partial charge on any atom is -0.326 e. The van der Waals surface area contributed by atoms with E-state index in [9.17, 15) is 22.8 Å². The van der Waals surface area contributed by atoms with Gasteiger partial charge in [-0.2, -0.15) is 13.2 Å². The van der Waals surface area contributed by atoms with Gasteiger partial charge in [0.2, 0.25) is 5.91 Å². The van der Waals surface area contributed by atoms with E-state index >= 15 is 0 Å². The molecule has 1 aliphatic rings. The molecule has 0 unspecified atom stereocenters. The lowest BCUT2D eigenvalue weighted by molar-refractivity contribution is -0.137. The maximum atomic E-state index is 12.5. The molecule has 2 aromatic carbocycles. The second-order valence-corrected chi connectivity index (χ2v) is 5.13. The third-order valence-electron chi connectivity index (χ3n) is 3.46. The highest BCUT2D eigenvalue weighted by molar-refractivity contribution is 6.06. The fourth-order valence-electron chi connectivity index (χ4n) is 2.32. The van der Waals surface area contributed by atoms with Crippen LogP contribution in [0.15, 0.2) is 42.5 Å². The molecule has 0 spiro atoms. The van der Waals surface area contributed by atoms with Gasteiger partial charge in [0.15, 0.2) is 0 Å². The number of carbonyl (C=O) groups excluding carboxylic acids is 2. The van der Waals surface area contributed by atoms with Crippen LogP contribution in [0.25, 0.3) is 0 Å². The first kappa shape index (κ1) is 15.1. The molecule has 2 amide bonds. The zero-order valence-corrected chi connectivity index (χ0v) is 11.7. The molecule has 0 atom stereocenters. The quantitative estimate of drug-likeness (QED) is 0.890. The molecule has 2 N–H and O–H groups in total. The first-order valence-electron chi connectivity index (χ1n) is 6.74. The van der Waals surface area contributed by atoms with Crippen molar-refractivity contribution < 1.29 is 22.8 Å². The van der Waals surface area contributed by atoms with Gasteiger partial charge in [0.25, 0.3) is 5.91 Å². The number of benzene rings is 2. The molecular formula is C16H11F3N2O2. The Labute approximate surface area is 129 Å². The average Bonchev–Trinajstić information content (AvgIpc) is 2.85. The fraction of sp³-hybridized carbons (Fsp3) is 0.125. The molecule has 0 bridgehead atoms. The van der Waals surface area contributed by atoms with Crippen LogP contribution in [0.4, 0.5) is 24.5 Å². The standard InChI is InChI=1S/C16H11F3N2O2/c17-16(18,19)11-2-4-12(5-3-11)20-15(23)9-1-6-13-10(7-9)8-14(22)21-13/h1-7H,8H2,(H,20,23)(H,21,22). The monoisotopic (exact) mass is 320 g/mol.